The maximum atomic E-state index is 6.37. The van der Waals surface area contributed by atoms with Gasteiger partial charge in [-0.05, 0) is 69.5 Å². The van der Waals surface area contributed by atoms with Gasteiger partial charge in [0.15, 0.2) is 0 Å². The molecule has 3 atom stereocenters. The largest absolute Gasteiger partial charge is 0.405 e. The second-order valence-corrected chi connectivity index (χ2v) is 6.47. The summed E-state index contributed by atoms with van der Waals surface area (Å²) in [5.41, 5.74) is 36.3. The summed E-state index contributed by atoms with van der Waals surface area (Å²) in [6, 6.07) is -0.128. The smallest absolute Gasteiger partial charge is 0.0274 e. The van der Waals surface area contributed by atoms with E-state index in [1.54, 1.807) is 12.4 Å². The highest BCUT2D eigenvalue weighted by atomic mass is 14.7. The molecular weight excluding hydrogens is 312 g/mol. The fourth-order valence-corrected chi connectivity index (χ4v) is 2.93. The molecule has 0 aromatic heterocycles. The van der Waals surface area contributed by atoms with Gasteiger partial charge in [-0.3, -0.25) is 0 Å². The molecule has 0 radical (unpaired) electrons. The summed E-state index contributed by atoms with van der Waals surface area (Å²) in [5, 5.41) is 0. The highest BCUT2D eigenvalue weighted by molar-refractivity contribution is 5.15. The average Bonchev–Trinajstić information content (AvgIpc) is 2.61. The normalized spacial score (nSPS) is 16.6. The molecule has 146 valence electrons. The number of unbranched alkanes of at least 4 members (excludes halogenated alkanes) is 3. The molecule has 0 aliphatic carbocycles. The molecule has 0 amide bonds. The number of hydrogen-bond donors (Lipinski definition) is 6. The van der Waals surface area contributed by atoms with Gasteiger partial charge in [-0.25, -0.2) is 0 Å². The number of nitrogens with two attached hydrogens (primary N) is 6. The van der Waals surface area contributed by atoms with Crippen LogP contribution in [-0.4, -0.2) is 25.2 Å². The summed E-state index contributed by atoms with van der Waals surface area (Å²) in [4.78, 5) is 0. The monoisotopic (exact) mass is 352 g/mol. The van der Waals surface area contributed by atoms with Crippen molar-refractivity contribution in [3.63, 3.8) is 0 Å². The summed E-state index contributed by atoms with van der Waals surface area (Å²) in [7, 11) is 0. The molecule has 0 aromatic carbocycles. The lowest BCUT2D eigenvalue weighted by atomic mass is 9.84. The summed E-state index contributed by atoms with van der Waals surface area (Å²) in [5.74, 6) is 0.0291. The van der Waals surface area contributed by atoms with Gasteiger partial charge in [0.05, 0.1) is 0 Å². The molecular formula is C19H40N6. The van der Waals surface area contributed by atoms with Crippen molar-refractivity contribution in [2.45, 2.75) is 63.5 Å². The fraction of sp³-hybridized carbons (Fsp3) is 0.684. The van der Waals surface area contributed by atoms with Crippen LogP contribution in [0.2, 0.25) is 0 Å². The van der Waals surface area contributed by atoms with Crippen molar-refractivity contribution in [3.05, 3.63) is 36.2 Å². The Morgan fingerprint density at radius 2 is 1.48 bits per heavy atom. The van der Waals surface area contributed by atoms with Gasteiger partial charge in [0.1, 0.15) is 0 Å². The third-order valence-electron chi connectivity index (χ3n) is 4.50. The number of rotatable bonds is 15. The van der Waals surface area contributed by atoms with Crippen LogP contribution < -0.4 is 34.4 Å². The first-order chi connectivity index (χ1) is 12.1. The average molecular weight is 353 g/mol. The lowest BCUT2D eigenvalue weighted by Gasteiger charge is -2.28. The number of hydrogen-bond acceptors (Lipinski definition) is 6. The van der Waals surface area contributed by atoms with E-state index in [0.717, 1.165) is 63.5 Å². The summed E-state index contributed by atoms with van der Waals surface area (Å²) in [6.45, 7) is 1.19. The number of allylic oxidation sites excluding steroid dienone is 3. The van der Waals surface area contributed by atoms with Crippen LogP contribution in [0, 0.1) is 5.92 Å². The molecule has 12 N–H and O–H groups in total. The van der Waals surface area contributed by atoms with E-state index in [1.807, 2.05) is 6.08 Å². The van der Waals surface area contributed by atoms with Gasteiger partial charge >= 0.3 is 0 Å². The molecule has 6 heteroatoms. The van der Waals surface area contributed by atoms with Crippen molar-refractivity contribution >= 4 is 0 Å². The predicted molar refractivity (Wildman–Crippen MR) is 109 cm³/mol. The van der Waals surface area contributed by atoms with Crippen molar-refractivity contribution in [1.82, 2.24) is 0 Å². The zero-order valence-electron chi connectivity index (χ0n) is 15.7. The summed E-state index contributed by atoms with van der Waals surface area (Å²) < 4.78 is 0. The van der Waals surface area contributed by atoms with Crippen LogP contribution in [0.4, 0.5) is 0 Å². The highest BCUT2D eigenvalue weighted by Gasteiger charge is 2.24. The van der Waals surface area contributed by atoms with E-state index in [2.05, 4.69) is 12.2 Å². The van der Waals surface area contributed by atoms with E-state index in [-0.39, 0.29) is 18.0 Å². The zero-order chi connectivity index (χ0) is 18.9. The Morgan fingerprint density at radius 1 is 0.800 bits per heavy atom. The lowest BCUT2D eigenvalue weighted by molar-refractivity contribution is 0.430. The lowest BCUT2D eigenvalue weighted by Crippen LogP contribution is -2.41. The molecule has 0 saturated carbocycles. The van der Waals surface area contributed by atoms with E-state index < -0.39 is 0 Å². The van der Waals surface area contributed by atoms with Crippen molar-refractivity contribution in [3.8, 4) is 0 Å². The summed E-state index contributed by atoms with van der Waals surface area (Å²) in [6.07, 6.45) is 17.3. The highest BCUT2D eigenvalue weighted by Crippen LogP contribution is 2.21. The van der Waals surface area contributed by atoms with E-state index >= 15 is 0 Å². The Labute approximate surface area is 153 Å². The molecule has 0 fully saturated rings. The molecule has 0 bridgehead atoms. The van der Waals surface area contributed by atoms with Crippen LogP contribution in [-0.2, 0) is 0 Å². The molecule has 0 spiro atoms. The molecule has 25 heavy (non-hydrogen) atoms. The minimum absolute atomic E-state index is 0.0291. The zero-order valence-corrected chi connectivity index (χ0v) is 15.7. The fourth-order valence-electron chi connectivity index (χ4n) is 2.93. The molecule has 6 nitrogen and oxygen atoms in total. The third kappa shape index (κ3) is 11.0. The second kappa shape index (κ2) is 16.1. The molecule has 0 aromatic rings. The van der Waals surface area contributed by atoms with Gasteiger partial charge in [0.2, 0.25) is 0 Å². The van der Waals surface area contributed by atoms with Gasteiger partial charge in [-0.1, -0.05) is 24.6 Å². The van der Waals surface area contributed by atoms with Gasteiger partial charge in [-0.15, -0.1) is 0 Å². The maximum absolute atomic E-state index is 6.37. The topological polar surface area (TPSA) is 156 Å². The first-order valence-corrected chi connectivity index (χ1v) is 9.47. The van der Waals surface area contributed by atoms with Crippen LogP contribution in [0.3, 0.4) is 0 Å². The van der Waals surface area contributed by atoms with E-state index in [0.29, 0.717) is 6.54 Å². The molecule has 3 unspecified atom stereocenters. The van der Waals surface area contributed by atoms with Crippen molar-refractivity contribution in [1.29, 1.82) is 0 Å². The molecule has 0 aliphatic heterocycles. The maximum Gasteiger partial charge on any atom is 0.0274 e. The quantitative estimate of drug-likeness (QED) is 0.192. The molecule has 0 saturated heterocycles. The standard InChI is InChI=1S/C19H40N6/c20-12-8-4-1-2-6-10-18(24)16(14-22)17(15-23)19(25)11-7-3-5-9-13-21/h1-2,9,13,15-16,18-19H,3-8,10-12,14,20-25H2. The summed E-state index contributed by atoms with van der Waals surface area (Å²) >= 11 is 0. The second-order valence-electron chi connectivity index (χ2n) is 6.47. The minimum Gasteiger partial charge on any atom is -0.405 e. The van der Waals surface area contributed by atoms with Crippen LogP contribution in [0.1, 0.15) is 51.4 Å². The van der Waals surface area contributed by atoms with Crippen molar-refractivity contribution in [2.75, 3.05) is 13.1 Å². The SMILES string of the molecule is NC=CCCCCC(N)C(=CN)C(CN)C(N)CCC=CCCCN. The van der Waals surface area contributed by atoms with Gasteiger partial charge in [-0.2, -0.15) is 0 Å². The third-order valence-corrected chi connectivity index (χ3v) is 4.50. The predicted octanol–water partition coefficient (Wildman–Crippen LogP) is 1.17. The Bertz CT molecular complexity index is 391. The van der Waals surface area contributed by atoms with Crippen LogP contribution in [0.15, 0.2) is 36.2 Å². The first kappa shape index (κ1) is 23.7. The Balaban J connectivity index is 4.41. The van der Waals surface area contributed by atoms with E-state index in [9.17, 15) is 0 Å². The van der Waals surface area contributed by atoms with E-state index in [1.165, 1.54) is 0 Å². The van der Waals surface area contributed by atoms with Crippen LogP contribution in [0.5, 0.6) is 0 Å². The Hall–Kier alpha value is -1.34. The van der Waals surface area contributed by atoms with Crippen molar-refractivity contribution < 1.29 is 0 Å². The Kier molecular flexibility index (Phi) is 15.3. The van der Waals surface area contributed by atoms with Crippen molar-refractivity contribution in [2.24, 2.45) is 40.3 Å². The van der Waals surface area contributed by atoms with Crippen LogP contribution >= 0.6 is 0 Å². The molecule has 0 rings (SSSR count). The minimum atomic E-state index is -0.0912. The Morgan fingerprint density at radius 3 is 2.08 bits per heavy atom. The molecule has 0 aliphatic rings. The van der Waals surface area contributed by atoms with Crippen LogP contribution in [0.25, 0.3) is 0 Å². The molecule has 0 heterocycles. The van der Waals surface area contributed by atoms with Gasteiger partial charge in [0.25, 0.3) is 0 Å². The van der Waals surface area contributed by atoms with Gasteiger partial charge < -0.3 is 34.4 Å². The van der Waals surface area contributed by atoms with E-state index in [4.69, 9.17) is 34.4 Å². The first-order valence-electron chi connectivity index (χ1n) is 9.47. The van der Waals surface area contributed by atoms with Gasteiger partial charge in [0, 0.05) is 24.5 Å².